The van der Waals surface area contributed by atoms with Crippen molar-refractivity contribution in [3.8, 4) is 0 Å². The number of fused-ring (bicyclic) bond motifs is 1. The molecule has 0 spiro atoms. The summed E-state index contributed by atoms with van der Waals surface area (Å²) in [5.41, 5.74) is 8.47. The molecule has 19 heavy (non-hydrogen) atoms. The second-order valence-corrected chi connectivity index (χ2v) is 5.15. The molecule has 0 bridgehead atoms. The van der Waals surface area contributed by atoms with Crippen LogP contribution in [0, 0.1) is 5.92 Å². The lowest BCUT2D eigenvalue weighted by Gasteiger charge is -2.07. The summed E-state index contributed by atoms with van der Waals surface area (Å²) in [5, 5.41) is 2.21. The summed E-state index contributed by atoms with van der Waals surface area (Å²) in [4.78, 5) is 12.0. The third-order valence-electron chi connectivity index (χ3n) is 3.35. The second-order valence-electron chi connectivity index (χ2n) is 5.15. The highest BCUT2D eigenvalue weighted by atomic mass is 16.1. The topological polar surface area (TPSA) is 43.1 Å². The predicted molar refractivity (Wildman–Crippen MR) is 81.0 cm³/mol. The van der Waals surface area contributed by atoms with E-state index in [0.717, 1.165) is 27.5 Å². The van der Waals surface area contributed by atoms with Crippen LogP contribution in [0.2, 0.25) is 0 Å². The maximum Gasteiger partial charge on any atom is 0.165 e. The molecule has 0 radical (unpaired) electrons. The van der Waals surface area contributed by atoms with E-state index in [9.17, 15) is 4.79 Å². The van der Waals surface area contributed by atoms with Gasteiger partial charge in [-0.2, -0.15) is 0 Å². The molecule has 0 fully saturated rings. The van der Waals surface area contributed by atoms with E-state index >= 15 is 0 Å². The van der Waals surface area contributed by atoms with E-state index in [2.05, 4.69) is 6.07 Å². The van der Waals surface area contributed by atoms with Crippen LogP contribution in [0.3, 0.4) is 0 Å². The minimum atomic E-state index is 0.0270. The van der Waals surface area contributed by atoms with Crippen LogP contribution in [0.1, 0.15) is 36.7 Å². The van der Waals surface area contributed by atoms with E-state index in [1.807, 2.05) is 51.1 Å². The largest absolute Gasteiger partial charge is 0.404 e. The van der Waals surface area contributed by atoms with Crippen LogP contribution >= 0.6 is 0 Å². The molecule has 2 heteroatoms. The Kier molecular flexibility index (Phi) is 3.70. The second kappa shape index (κ2) is 5.27. The van der Waals surface area contributed by atoms with Gasteiger partial charge >= 0.3 is 0 Å². The molecule has 0 saturated heterocycles. The number of nitrogens with two attached hydrogens (primary N) is 1. The van der Waals surface area contributed by atoms with Gasteiger partial charge in [0, 0.05) is 11.5 Å². The molecule has 0 atom stereocenters. The van der Waals surface area contributed by atoms with Gasteiger partial charge in [0.25, 0.3) is 0 Å². The molecule has 0 aliphatic rings. The van der Waals surface area contributed by atoms with Crippen LogP contribution in [0.5, 0.6) is 0 Å². The summed E-state index contributed by atoms with van der Waals surface area (Å²) < 4.78 is 0. The number of hydrogen-bond acceptors (Lipinski definition) is 2. The number of ketones is 1. The van der Waals surface area contributed by atoms with Gasteiger partial charge in [-0.15, -0.1) is 0 Å². The number of carbonyl (C=O) groups is 1. The fraction of sp³-hybridized carbons (Fsp3) is 0.235. The molecular weight excluding hydrogens is 234 g/mol. The van der Waals surface area contributed by atoms with Gasteiger partial charge in [-0.25, -0.2) is 0 Å². The molecule has 0 saturated carbocycles. The summed E-state index contributed by atoms with van der Waals surface area (Å²) in [6.45, 7) is 5.83. The average molecular weight is 253 g/mol. The minimum Gasteiger partial charge on any atom is -0.404 e. The molecule has 2 N–H and O–H groups in total. The van der Waals surface area contributed by atoms with Gasteiger partial charge in [-0.3, -0.25) is 4.79 Å². The van der Waals surface area contributed by atoms with Crippen LogP contribution < -0.4 is 5.73 Å². The van der Waals surface area contributed by atoms with E-state index in [-0.39, 0.29) is 11.7 Å². The van der Waals surface area contributed by atoms with Crippen LogP contribution in [-0.2, 0) is 0 Å². The smallest absolute Gasteiger partial charge is 0.165 e. The zero-order valence-electron chi connectivity index (χ0n) is 11.6. The van der Waals surface area contributed by atoms with Crippen molar-refractivity contribution in [1.82, 2.24) is 0 Å². The van der Waals surface area contributed by atoms with Gasteiger partial charge in [-0.1, -0.05) is 38.1 Å². The lowest BCUT2D eigenvalue weighted by Crippen LogP contribution is -2.06. The van der Waals surface area contributed by atoms with Crippen LogP contribution in [0.15, 0.2) is 42.6 Å². The number of benzene rings is 2. The Balaban J connectivity index is 2.49. The molecule has 0 aliphatic heterocycles. The quantitative estimate of drug-likeness (QED) is 0.840. The van der Waals surface area contributed by atoms with E-state index in [0.29, 0.717) is 0 Å². The van der Waals surface area contributed by atoms with Crippen LogP contribution in [-0.4, -0.2) is 5.78 Å². The van der Waals surface area contributed by atoms with E-state index in [4.69, 9.17) is 5.73 Å². The van der Waals surface area contributed by atoms with Gasteiger partial charge in [0.15, 0.2) is 5.78 Å². The first-order chi connectivity index (χ1) is 9.02. The van der Waals surface area contributed by atoms with Crippen molar-refractivity contribution in [2.45, 2.75) is 20.8 Å². The van der Waals surface area contributed by atoms with Gasteiger partial charge in [-0.05, 0) is 47.2 Å². The summed E-state index contributed by atoms with van der Waals surface area (Å²) in [6.07, 6.45) is 1.61. The first-order valence-corrected chi connectivity index (χ1v) is 6.50. The van der Waals surface area contributed by atoms with Crippen molar-refractivity contribution in [3.05, 3.63) is 53.7 Å². The number of hydrogen-bond donors (Lipinski definition) is 1. The molecule has 0 aliphatic carbocycles. The van der Waals surface area contributed by atoms with Crippen molar-refractivity contribution >= 4 is 22.1 Å². The Bertz CT molecular complexity index is 653. The fourth-order valence-electron chi connectivity index (χ4n) is 2.07. The zero-order chi connectivity index (χ0) is 14.0. The molecule has 2 aromatic rings. The number of allylic oxidation sites excluding steroid dienone is 1. The number of Topliss-reactive ketones (excluding diaryl/α,β-unsaturated/α-hetero) is 1. The normalized spacial score (nSPS) is 12.1. The highest BCUT2D eigenvalue weighted by Crippen LogP contribution is 2.22. The zero-order valence-corrected chi connectivity index (χ0v) is 11.6. The van der Waals surface area contributed by atoms with Gasteiger partial charge in [0.1, 0.15) is 0 Å². The van der Waals surface area contributed by atoms with Gasteiger partial charge in [0.2, 0.25) is 0 Å². The Morgan fingerprint density at radius 3 is 2.11 bits per heavy atom. The number of carbonyl (C=O) groups excluding carboxylic acids is 1. The van der Waals surface area contributed by atoms with Crippen LogP contribution in [0.25, 0.3) is 16.3 Å². The summed E-state index contributed by atoms with van der Waals surface area (Å²) in [6, 6.07) is 12.0. The van der Waals surface area contributed by atoms with Crippen molar-refractivity contribution in [3.63, 3.8) is 0 Å². The van der Waals surface area contributed by atoms with Crippen molar-refractivity contribution < 1.29 is 4.79 Å². The highest BCUT2D eigenvalue weighted by Gasteiger charge is 2.10. The monoisotopic (exact) mass is 253 g/mol. The summed E-state index contributed by atoms with van der Waals surface area (Å²) >= 11 is 0. The number of rotatable bonds is 3. The Morgan fingerprint density at radius 2 is 1.58 bits per heavy atom. The maximum absolute atomic E-state index is 12.0. The van der Waals surface area contributed by atoms with Crippen LogP contribution in [0.4, 0.5) is 0 Å². The first kappa shape index (κ1) is 13.3. The minimum absolute atomic E-state index is 0.0270. The molecule has 0 unspecified atom stereocenters. The molecule has 0 aromatic heterocycles. The Morgan fingerprint density at radius 1 is 1.05 bits per heavy atom. The van der Waals surface area contributed by atoms with E-state index < -0.39 is 0 Å². The third kappa shape index (κ3) is 2.68. The molecule has 2 aromatic carbocycles. The SMILES string of the molecule is C/C(=C\N)c1ccc2cc(C(=O)C(C)C)ccc2c1. The van der Waals surface area contributed by atoms with Gasteiger partial charge < -0.3 is 5.73 Å². The third-order valence-corrected chi connectivity index (χ3v) is 3.35. The fourth-order valence-corrected chi connectivity index (χ4v) is 2.07. The molecule has 2 nitrogen and oxygen atoms in total. The molecule has 0 heterocycles. The highest BCUT2D eigenvalue weighted by molar-refractivity contribution is 6.01. The first-order valence-electron chi connectivity index (χ1n) is 6.50. The van der Waals surface area contributed by atoms with Gasteiger partial charge in [0.05, 0.1) is 0 Å². The standard InChI is InChI=1S/C17H19NO/c1-11(2)17(19)16-7-6-14-8-13(12(3)10-18)4-5-15(14)9-16/h4-11H,18H2,1-3H3/b12-10+. The van der Waals surface area contributed by atoms with Crippen molar-refractivity contribution in [1.29, 1.82) is 0 Å². The Hall–Kier alpha value is -2.09. The molecular formula is C17H19NO. The summed E-state index contributed by atoms with van der Waals surface area (Å²) in [5.74, 6) is 0.211. The molecule has 2 rings (SSSR count). The average Bonchev–Trinajstić information content (AvgIpc) is 2.44. The Labute approximate surface area is 113 Å². The summed E-state index contributed by atoms with van der Waals surface area (Å²) in [7, 11) is 0. The van der Waals surface area contributed by atoms with E-state index in [1.54, 1.807) is 6.20 Å². The lowest BCUT2D eigenvalue weighted by atomic mass is 9.96. The van der Waals surface area contributed by atoms with Crippen molar-refractivity contribution in [2.75, 3.05) is 0 Å². The molecule has 98 valence electrons. The lowest BCUT2D eigenvalue weighted by molar-refractivity contribution is 0.0939. The maximum atomic E-state index is 12.0. The molecule has 0 amide bonds. The predicted octanol–water partition coefficient (Wildman–Crippen LogP) is 4.00. The van der Waals surface area contributed by atoms with E-state index in [1.165, 1.54) is 0 Å². The van der Waals surface area contributed by atoms with Crippen molar-refractivity contribution in [2.24, 2.45) is 11.7 Å².